The number of carbonyl (C=O) groups excluding carboxylic acids is 1. The zero-order valence-corrected chi connectivity index (χ0v) is 19.3. The van der Waals surface area contributed by atoms with Gasteiger partial charge in [0.15, 0.2) is 5.78 Å². The number of allylic oxidation sites excluding steroid dienone is 2. The number of benzene rings is 2. The van der Waals surface area contributed by atoms with Gasteiger partial charge >= 0.3 is 0 Å². The van der Waals surface area contributed by atoms with E-state index < -0.39 is 0 Å². The van der Waals surface area contributed by atoms with Crippen LogP contribution < -0.4 is 0 Å². The van der Waals surface area contributed by atoms with Gasteiger partial charge in [0.25, 0.3) is 0 Å². The fourth-order valence-corrected chi connectivity index (χ4v) is 3.64. The minimum Gasteiger partial charge on any atom is -0.512 e. The number of aliphatic hydroxyl groups excluding tert-OH is 1. The van der Waals surface area contributed by atoms with E-state index in [-0.39, 0.29) is 31.6 Å². The Morgan fingerprint density at radius 2 is 1.66 bits per heavy atom. The van der Waals surface area contributed by atoms with Crippen molar-refractivity contribution in [2.75, 3.05) is 0 Å². The van der Waals surface area contributed by atoms with Crippen LogP contribution in [0.4, 0.5) is 0 Å². The summed E-state index contributed by atoms with van der Waals surface area (Å²) in [5.41, 5.74) is 3.31. The molecule has 0 unspecified atom stereocenters. The van der Waals surface area contributed by atoms with Crippen molar-refractivity contribution in [1.29, 1.82) is 0 Å². The van der Waals surface area contributed by atoms with Crippen molar-refractivity contribution in [3.8, 4) is 21.7 Å². The van der Waals surface area contributed by atoms with Crippen LogP contribution in [0.5, 0.6) is 0 Å². The number of aliphatic hydroxyl groups is 1. The molecule has 2 aromatic heterocycles. The van der Waals surface area contributed by atoms with Gasteiger partial charge in [-0.25, -0.2) is 11.3 Å². The number of pyridine rings is 1. The molecular formula is C24H20IrNO2S-. The molecule has 29 heavy (non-hydrogen) atoms. The Morgan fingerprint density at radius 3 is 2.21 bits per heavy atom. The molecule has 0 amide bonds. The molecular weight excluding hydrogens is 559 g/mol. The van der Waals surface area contributed by atoms with Crippen molar-refractivity contribution in [3.05, 3.63) is 90.8 Å². The maximum absolute atomic E-state index is 10.0. The topological polar surface area (TPSA) is 50.2 Å². The van der Waals surface area contributed by atoms with Crippen LogP contribution in [0.3, 0.4) is 0 Å². The second-order valence-corrected chi connectivity index (χ2v) is 7.30. The van der Waals surface area contributed by atoms with Crippen molar-refractivity contribution >= 4 is 27.2 Å². The van der Waals surface area contributed by atoms with Crippen LogP contribution in [-0.4, -0.2) is 15.9 Å². The van der Waals surface area contributed by atoms with E-state index in [0.29, 0.717) is 0 Å². The standard InChI is InChI=1S/C19H12NS.C5H8O2.Ir/c1-2-6-14(7-3-1)16-10-11-17(20-13-16)19-12-15-8-4-5-9-18(15)21-19;1-4(6)3-5(2)7;/h1-11,13H;3,6H,1-2H3;/q-1;;/b;4-3-;. The minimum absolute atomic E-state index is 0. The van der Waals surface area contributed by atoms with Gasteiger partial charge < -0.3 is 10.1 Å². The molecule has 4 aromatic rings. The monoisotopic (exact) mass is 579 g/mol. The van der Waals surface area contributed by atoms with Crippen molar-refractivity contribution in [2.24, 2.45) is 0 Å². The summed E-state index contributed by atoms with van der Waals surface area (Å²) in [6.45, 7) is 2.85. The Labute approximate surface area is 188 Å². The maximum Gasteiger partial charge on any atom is 0.155 e. The third kappa shape index (κ3) is 6.46. The number of ketones is 1. The Hall–Kier alpha value is -2.59. The second-order valence-electron chi connectivity index (χ2n) is 6.25. The average molecular weight is 579 g/mol. The van der Waals surface area contributed by atoms with E-state index in [9.17, 15) is 4.79 Å². The van der Waals surface area contributed by atoms with E-state index in [0.717, 1.165) is 21.5 Å². The summed E-state index contributed by atoms with van der Waals surface area (Å²) in [7, 11) is 0. The number of fused-ring (bicyclic) bond motifs is 1. The van der Waals surface area contributed by atoms with Crippen molar-refractivity contribution in [3.63, 3.8) is 0 Å². The zero-order valence-electron chi connectivity index (χ0n) is 16.0. The summed E-state index contributed by atoms with van der Waals surface area (Å²) >= 11 is 1.73. The SMILES string of the molecule is CC(=O)/C=C(/C)O.[Ir].[c-]1c(-c2ccc(-c3ccccc3)cn2)sc2ccccc12. The molecule has 2 heterocycles. The number of rotatable bonds is 3. The number of hydrogen-bond donors (Lipinski definition) is 1. The van der Waals surface area contributed by atoms with Gasteiger partial charge in [-0.3, -0.25) is 4.79 Å². The quantitative estimate of drug-likeness (QED) is 0.172. The molecule has 149 valence electrons. The van der Waals surface area contributed by atoms with Crippen molar-refractivity contribution in [1.82, 2.24) is 4.98 Å². The van der Waals surface area contributed by atoms with Crippen LogP contribution in [0.2, 0.25) is 0 Å². The van der Waals surface area contributed by atoms with E-state index in [2.05, 4.69) is 53.5 Å². The van der Waals surface area contributed by atoms with Gasteiger partial charge in [-0.05, 0) is 34.6 Å². The molecule has 0 aliphatic carbocycles. The summed E-state index contributed by atoms with van der Waals surface area (Å²) in [6, 6.07) is 26.2. The summed E-state index contributed by atoms with van der Waals surface area (Å²) in [4.78, 5) is 15.7. The molecule has 5 heteroatoms. The molecule has 3 nitrogen and oxygen atoms in total. The normalized spacial score (nSPS) is 10.6. The van der Waals surface area contributed by atoms with Gasteiger partial charge in [-0.2, -0.15) is 0 Å². The smallest absolute Gasteiger partial charge is 0.155 e. The first-order valence-corrected chi connectivity index (χ1v) is 9.65. The number of carbonyl (C=O) groups is 1. The van der Waals surface area contributed by atoms with Gasteiger partial charge in [0.2, 0.25) is 0 Å². The Kier molecular flexibility index (Phi) is 8.47. The number of hydrogen-bond acceptors (Lipinski definition) is 4. The fourth-order valence-electron chi connectivity index (χ4n) is 2.66. The third-order valence-corrected chi connectivity index (χ3v) is 4.95. The van der Waals surface area contributed by atoms with E-state index in [1.807, 2.05) is 30.5 Å². The summed E-state index contributed by atoms with van der Waals surface area (Å²) in [5.74, 6) is -0.0625. The molecule has 0 aliphatic heterocycles. The molecule has 2 aromatic carbocycles. The molecule has 1 radical (unpaired) electrons. The Bertz CT molecular complexity index is 1070. The summed E-state index contributed by atoms with van der Waals surface area (Å²) in [5, 5.41) is 9.52. The van der Waals surface area contributed by atoms with Crippen molar-refractivity contribution in [2.45, 2.75) is 13.8 Å². The predicted octanol–water partition coefficient (Wildman–Crippen LogP) is 6.47. The van der Waals surface area contributed by atoms with Crippen LogP contribution in [-0.2, 0) is 24.9 Å². The van der Waals surface area contributed by atoms with E-state index in [1.165, 1.54) is 30.2 Å². The van der Waals surface area contributed by atoms with E-state index in [4.69, 9.17) is 5.11 Å². The molecule has 0 spiro atoms. The Balaban J connectivity index is 0.000000327. The predicted molar refractivity (Wildman–Crippen MR) is 116 cm³/mol. The number of nitrogens with zero attached hydrogens (tertiary/aromatic N) is 1. The molecule has 0 atom stereocenters. The van der Waals surface area contributed by atoms with Gasteiger partial charge in [0, 0.05) is 38.1 Å². The van der Waals surface area contributed by atoms with Gasteiger partial charge in [0.05, 0.1) is 5.76 Å². The van der Waals surface area contributed by atoms with Crippen LogP contribution in [0.25, 0.3) is 31.8 Å². The summed E-state index contributed by atoms with van der Waals surface area (Å²) in [6.07, 6.45) is 3.10. The van der Waals surface area contributed by atoms with Crippen LogP contribution in [0.1, 0.15) is 13.8 Å². The first-order chi connectivity index (χ1) is 13.5. The molecule has 0 aliphatic rings. The number of thiophene rings is 1. The average Bonchev–Trinajstić information content (AvgIpc) is 3.12. The molecule has 0 saturated heterocycles. The maximum atomic E-state index is 10.0. The third-order valence-electron chi connectivity index (χ3n) is 3.86. The van der Waals surface area contributed by atoms with Gasteiger partial charge in [-0.1, -0.05) is 54.6 Å². The van der Waals surface area contributed by atoms with Crippen LogP contribution in [0, 0.1) is 6.07 Å². The van der Waals surface area contributed by atoms with E-state index >= 15 is 0 Å². The molecule has 0 saturated carbocycles. The van der Waals surface area contributed by atoms with Crippen LogP contribution in [0.15, 0.2) is 84.8 Å². The summed E-state index contributed by atoms with van der Waals surface area (Å²) < 4.78 is 1.25. The van der Waals surface area contributed by atoms with Gasteiger partial charge in [-0.15, -0.1) is 23.6 Å². The first-order valence-electron chi connectivity index (χ1n) is 8.83. The molecule has 1 N–H and O–H groups in total. The fraction of sp³-hybridized carbons (Fsp3) is 0.0833. The second kappa shape index (κ2) is 10.8. The van der Waals surface area contributed by atoms with Crippen LogP contribution >= 0.6 is 11.3 Å². The Morgan fingerprint density at radius 1 is 0.966 bits per heavy atom. The zero-order chi connectivity index (χ0) is 19.9. The first kappa shape index (κ1) is 22.7. The minimum atomic E-state index is -0.125. The van der Waals surface area contributed by atoms with Gasteiger partial charge in [0.1, 0.15) is 0 Å². The molecule has 4 rings (SSSR count). The number of aromatic nitrogens is 1. The van der Waals surface area contributed by atoms with E-state index in [1.54, 1.807) is 11.3 Å². The van der Waals surface area contributed by atoms with Crippen molar-refractivity contribution < 1.29 is 30.0 Å². The largest absolute Gasteiger partial charge is 0.512 e. The molecule has 0 fully saturated rings. The molecule has 0 bridgehead atoms.